The fourth-order valence-corrected chi connectivity index (χ4v) is 2.14. The summed E-state index contributed by atoms with van der Waals surface area (Å²) in [7, 11) is 0. The molecule has 0 saturated heterocycles. The molecule has 3 aromatic heterocycles. The zero-order valence-electron chi connectivity index (χ0n) is 9.99. The number of rotatable bonds is 2. The average Bonchev–Trinajstić information content (AvgIpc) is 3.03. The number of hydrogen-bond acceptors (Lipinski definition) is 3. The predicted molar refractivity (Wildman–Crippen MR) is 72.4 cm³/mol. The molecule has 0 atom stereocenters. The van der Waals surface area contributed by atoms with Crippen molar-refractivity contribution in [3.8, 4) is 0 Å². The lowest BCUT2D eigenvalue weighted by atomic mass is 10.3. The quantitative estimate of drug-likeness (QED) is 0.592. The van der Waals surface area contributed by atoms with Crippen molar-refractivity contribution >= 4 is 22.1 Å². The van der Waals surface area contributed by atoms with E-state index >= 15 is 0 Å². The van der Waals surface area contributed by atoms with Gasteiger partial charge < -0.3 is 9.55 Å². The maximum absolute atomic E-state index is 4.51. The summed E-state index contributed by atoms with van der Waals surface area (Å²) in [5.74, 6) is 0.796. The van der Waals surface area contributed by atoms with Crippen molar-refractivity contribution in [2.75, 3.05) is 0 Å². The van der Waals surface area contributed by atoms with Crippen LogP contribution in [0, 0.1) is 6.54 Å². The van der Waals surface area contributed by atoms with Crippen LogP contribution < -0.4 is 0 Å². The van der Waals surface area contributed by atoms with Crippen molar-refractivity contribution in [3.63, 3.8) is 0 Å². The van der Waals surface area contributed by atoms with Crippen LogP contribution in [0.2, 0.25) is 0 Å². The maximum Gasteiger partial charge on any atom is 0.133 e. The van der Waals surface area contributed by atoms with Crippen molar-refractivity contribution in [1.29, 1.82) is 0 Å². The van der Waals surface area contributed by atoms with Gasteiger partial charge in [0.15, 0.2) is 0 Å². The van der Waals surface area contributed by atoms with Crippen LogP contribution >= 0.6 is 0 Å². The molecule has 0 saturated carbocycles. The molecule has 0 amide bonds. The third-order valence-electron chi connectivity index (χ3n) is 3.05. The zero-order valence-corrected chi connectivity index (χ0v) is 9.99. The highest BCUT2D eigenvalue weighted by atomic mass is 15.1. The minimum absolute atomic E-state index is 0.796. The van der Waals surface area contributed by atoms with Crippen molar-refractivity contribution in [2.24, 2.45) is 0 Å². The molecule has 0 spiro atoms. The molecule has 1 N–H and O–H groups in total. The normalized spacial score (nSPS) is 11.4. The molecule has 4 rings (SSSR count). The number of H-pyrrole nitrogens is 1. The standard InChI is InChI=1S/C14H10N5/c1-2-4-11-10(3-1)17-14(18-11)8-19-9-16-12-5-6-15-7-13(12)19/h1-9H,(H,17,18). The average molecular weight is 248 g/mol. The Bertz CT molecular complexity index is 825. The lowest BCUT2D eigenvalue weighted by molar-refractivity contribution is 0.961. The summed E-state index contributed by atoms with van der Waals surface area (Å²) in [6, 6.07) is 9.84. The van der Waals surface area contributed by atoms with E-state index in [0.717, 1.165) is 27.9 Å². The molecular formula is C14H10N5. The SMILES string of the molecule is [CH](c1nc2ccccc2[nH]1)n1cnc2ccncc21. The predicted octanol–water partition coefficient (Wildman–Crippen LogP) is 2.37. The number of fused-ring (bicyclic) bond motifs is 2. The Morgan fingerprint density at radius 3 is 3.00 bits per heavy atom. The molecule has 0 fully saturated rings. The Morgan fingerprint density at radius 2 is 2.05 bits per heavy atom. The fraction of sp³-hybridized carbons (Fsp3) is 0. The number of nitrogens with zero attached hydrogens (tertiary/aromatic N) is 4. The van der Waals surface area contributed by atoms with Gasteiger partial charge in [-0.3, -0.25) is 4.98 Å². The number of para-hydroxylation sites is 2. The second-order valence-corrected chi connectivity index (χ2v) is 4.28. The molecule has 0 aliphatic rings. The molecule has 3 heterocycles. The third kappa shape index (κ3) is 1.67. The van der Waals surface area contributed by atoms with E-state index in [1.807, 2.05) is 41.4 Å². The second-order valence-electron chi connectivity index (χ2n) is 4.28. The van der Waals surface area contributed by atoms with Crippen molar-refractivity contribution in [2.45, 2.75) is 0 Å². The van der Waals surface area contributed by atoms with Gasteiger partial charge in [0, 0.05) is 6.20 Å². The molecule has 0 unspecified atom stereocenters. The molecule has 1 radical (unpaired) electrons. The first kappa shape index (κ1) is 10.3. The minimum Gasteiger partial charge on any atom is -0.340 e. The van der Waals surface area contributed by atoms with Crippen LogP contribution in [0.5, 0.6) is 0 Å². The zero-order chi connectivity index (χ0) is 12.7. The molecule has 91 valence electrons. The topological polar surface area (TPSA) is 59.4 Å². The Labute approximate surface area is 109 Å². The number of imidazole rings is 2. The fourth-order valence-electron chi connectivity index (χ4n) is 2.14. The Kier molecular flexibility index (Phi) is 2.11. The molecule has 19 heavy (non-hydrogen) atoms. The number of pyridine rings is 1. The van der Waals surface area contributed by atoms with Crippen LogP contribution in [-0.4, -0.2) is 24.5 Å². The van der Waals surface area contributed by atoms with E-state index in [-0.39, 0.29) is 0 Å². The maximum atomic E-state index is 4.51. The number of hydrogen-bond donors (Lipinski definition) is 1. The largest absolute Gasteiger partial charge is 0.340 e. The summed E-state index contributed by atoms with van der Waals surface area (Å²) >= 11 is 0. The molecule has 1 aromatic carbocycles. The summed E-state index contributed by atoms with van der Waals surface area (Å²) in [6.45, 7) is 1.91. The van der Waals surface area contributed by atoms with E-state index in [9.17, 15) is 0 Å². The molecule has 0 bridgehead atoms. The molecule has 5 heteroatoms. The first-order valence-electron chi connectivity index (χ1n) is 5.96. The van der Waals surface area contributed by atoms with Crippen LogP contribution in [0.4, 0.5) is 0 Å². The number of aromatic nitrogens is 5. The summed E-state index contributed by atoms with van der Waals surface area (Å²) < 4.78 is 1.92. The summed E-state index contributed by atoms with van der Waals surface area (Å²) in [5.41, 5.74) is 3.86. The van der Waals surface area contributed by atoms with Gasteiger partial charge in [-0.05, 0) is 18.2 Å². The molecule has 0 aliphatic carbocycles. The summed E-state index contributed by atoms with van der Waals surface area (Å²) in [5, 5.41) is 0. The first-order chi connectivity index (χ1) is 9.40. The molecule has 4 aromatic rings. The van der Waals surface area contributed by atoms with Crippen molar-refractivity contribution < 1.29 is 0 Å². The minimum atomic E-state index is 0.796. The van der Waals surface area contributed by atoms with E-state index in [1.165, 1.54) is 0 Å². The molecule has 0 aliphatic heterocycles. The Morgan fingerprint density at radius 1 is 1.11 bits per heavy atom. The van der Waals surface area contributed by atoms with Crippen molar-refractivity contribution in [1.82, 2.24) is 24.5 Å². The van der Waals surface area contributed by atoms with E-state index in [4.69, 9.17) is 0 Å². The lowest BCUT2D eigenvalue weighted by Gasteiger charge is -1.99. The van der Waals surface area contributed by atoms with Crippen LogP contribution in [-0.2, 0) is 0 Å². The number of nitrogens with one attached hydrogen (secondary N) is 1. The highest BCUT2D eigenvalue weighted by Crippen LogP contribution is 2.15. The van der Waals surface area contributed by atoms with Gasteiger partial charge in [0.25, 0.3) is 0 Å². The van der Waals surface area contributed by atoms with Crippen LogP contribution in [0.1, 0.15) is 5.82 Å². The van der Waals surface area contributed by atoms with Gasteiger partial charge in [-0.25, -0.2) is 9.97 Å². The highest BCUT2D eigenvalue weighted by Gasteiger charge is 2.06. The summed E-state index contributed by atoms with van der Waals surface area (Å²) in [4.78, 5) is 16.2. The molecule has 5 nitrogen and oxygen atoms in total. The van der Waals surface area contributed by atoms with Gasteiger partial charge in [-0.15, -0.1) is 0 Å². The van der Waals surface area contributed by atoms with Gasteiger partial charge in [0.05, 0.1) is 34.6 Å². The van der Waals surface area contributed by atoms with Gasteiger partial charge in [0.2, 0.25) is 0 Å². The van der Waals surface area contributed by atoms with E-state index in [1.54, 1.807) is 18.7 Å². The van der Waals surface area contributed by atoms with E-state index in [2.05, 4.69) is 19.9 Å². The van der Waals surface area contributed by atoms with Gasteiger partial charge in [-0.1, -0.05) is 12.1 Å². The van der Waals surface area contributed by atoms with Crippen LogP contribution in [0.25, 0.3) is 22.1 Å². The summed E-state index contributed by atoms with van der Waals surface area (Å²) in [6.07, 6.45) is 5.29. The highest BCUT2D eigenvalue weighted by molar-refractivity contribution is 5.76. The number of benzene rings is 1. The lowest BCUT2D eigenvalue weighted by Crippen LogP contribution is -1.96. The Balaban J connectivity index is 1.78. The van der Waals surface area contributed by atoms with Crippen molar-refractivity contribution in [3.05, 3.63) is 61.4 Å². The van der Waals surface area contributed by atoms with Gasteiger partial charge in [0.1, 0.15) is 12.4 Å². The monoisotopic (exact) mass is 248 g/mol. The Hall–Kier alpha value is -2.69. The van der Waals surface area contributed by atoms with E-state index in [0.29, 0.717) is 0 Å². The van der Waals surface area contributed by atoms with Gasteiger partial charge in [-0.2, -0.15) is 0 Å². The van der Waals surface area contributed by atoms with Crippen LogP contribution in [0.3, 0.4) is 0 Å². The van der Waals surface area contributed by atoms with E-state index < -0.39 is 0 Å². The smallest absolute Gasteiger partial charge is 0.133 e. The molecular weight excluding hydrogens is 238 g/mol. The second kappa shape index (κ2) is 3.91. The third-order valence-corrected chi connectivity index (χ3v) is 3.05. The van der Waals surface area contributed by atoms with Crippen LogP contribution in [0.15, 0.2) is 49.1 Å². The number of aromatic amines is 1. The van der Waals surface area contributed by atoms with Gasteiger partial charge >= 0.3 is 0 Å². The first-order valence-corrected chi connectivity index (χ1v) is 5.96.